The molecule has 1 heterocycles. The predicted molar refractivity (Wildman–Crippen MR) is 122 cm³/mol. The lowest BCUT2D eigenvalue weighted by atomic mass is 10.1. The molecular formula is C22H33BrN2O6. The number of nitrogens with zero attached hydrogens (tertiary/aromatic N) is 1. The van der Waals surface area contributed by atoms with Gasteiger partial charge in [-0.2, -0.15) is 0 Å². The van der Waals surface area contributed by atoms with E-state index in [9.17, 15) is 24.6 Å². The summed E-state index contributed by atoms with van der Waals surface area (Å²) in [6, 6.07) is -0.683. The summed E-state index contributed by atoms with van der Waals surface area (Å²) in [5.41, 5.74) is -0.950. The molecule has 1 aromatic heterocycles. The van der Waals surface area contributed by atoms with E-state index in [4.69, 9.17) is 4.74 Å². The lowest BCUT2D eigenvalue weighted by molar-refractivity contribution is -0.156. The van der Waals surface area contributed by atoms with Crippen LogP contribution in [0.5, 0.6) is 0 Å². The monoisotopic (exact) mass is 500 g/mol. The van der Waals surface area contributed by atoms with E-state index < -0.39 is 41.4 Å². The highest BCUT2D eigenvalue weighted by molar-refractivity contribution is 9.11. The summed E-state index contributed by atoms with van der Waals surface area (Å²) in [6.07, 6.45) is 8.80. The van der Waals surface area contributed by atoms with Gasteiger partial charge in [0.2, 0.25) is 0 Å². The molecule has 3 N–H and O–H groups in total. The number of ether oxygens (including phenoxy) is 1. The van der Waals surface area contributed by atoms with Gasteiger partial charge >= 0.3 is 11.7 Å². The Labute approximate surface area is 190 Å². The van der Waals surface area contributed by atoms with E-state index in [0.717, 1.165) is 19.3 Å². The number of halogens is 1. The molecule has 0 bridgehead atoms. The maximum Gasteiger partial charge on any atom is 0.328 e. The third-order valence-corrected chi connectivity index (χ3v) is 6.09. The molecular weight excluding hydrogens is 468 g/mol. The smallest absolute Gasteiger partial charge is 0.328 e. The Morgan fingerprint density at radius 2 is 1.94 bits per heavy atom. The largest absolute Gasteiger partial charge is 0.457 e. The van der Waals surface area contributed by atoms with Gasteiger partial charge in [0.15, 0.2) is 0 Å². The Bertz CT molecular complexity index is 849. The zero-order valence-corrected chi connectivity index (χ0v) is 19.6. The summed E-state index contributed by atoms with van der Waals surface area (Å²) < 4.78 is 6.85. The highest BCUT2D eigenvalue weighted by Gasteiger charge is 2.46. The minimum atomic E-state index is -1.10. The number of aromatic amines is 1. The highest BCUT2D eigenvalue weighted by Crippen LogP contribution is 2.36. The molecule has 0 aliphatic heterocycles. The molecule has 1 fully saturated rings. The minimum Gasteiger partial charge on any atom is -0.457 e. The summed E-state index contributed by atoms with van der Waals surface area (Å²) >= 11 is 3.11. The molecule has 0 amide bonds. The quantitative estimate of drug-likeness (QED) is 0.299. The van der Waals surface area contributed by atoms with Crippen LogP contribution in [0.25, 0.3) is 6.08 Å². The van der Waals surface area contributed by atoms with Gasteiger partial charge in [-0.1, -0.05) is 61.4 Å². The van der Waals surface area contributed by atoms with Crippen molar-refractivity contribution in [3.63, 3.8) is 0 Å². The molecule has 0 spiro atoms. The summed E-state index contributed by atoms with van der Waals surface area (Å²) in [5.74, 6) is -0.963. The van der Waals surface area contributed by atoms with Crippen LogP contribution in [0.1, 0.15) is 76.3 Å². The van der Waals surface area contributed by atoms with E-state index in [2.05, 4.69) is 27.8 Å². The topological polar surface area (TPSA) is 122 Å². The molecule has 8 nitrogen and oxygen atoms in total. The number of aliphatic hydroxyl groups is 2. The number of carbonyl (C=O) groups excluding carboxylic acids is 1. The van der Waals surface area contributed by atoms with E-state index in [0.29, 0.717) is 6.42 Å². The Morgan fingerprint density at radius 1 is 1.26 bits per heavy atom. The number of nitrogens with one attached hydrogen (secondary N) is 1. The number of H-pyrrole nitrogens is 1. The molecule has 0 radical (unpaired) electrons. The first-order valence-electron chi connectivity index (χ1n) is 11.0. The number of aromatic nitrogens is 2. The van der Waals surface area contributed by atoms with Gasteiger partial charge in [-0.3, -0.25) is 19.1 Å². The molecule has 31 heavy (non-hydrogen) atoms. The lowest BCUT2D eigenvalue weighted by Gasteiger charge is -2.24. The number of hydrogen-bond acceptors (Lipinski definition) is 6. The number of aliphatic hydroxyl groups excluding tert-OH is 2. The maximum atomic E-state index is 12.4. The lowest BCUT2D eigenvalue weighted by Crippen LogP contribution is -2.40. The average molecular weight is 501 g/mol. The zero-order valence-electron chi connectivity index (χ0n) is 18.0. The minimum absolute atomic E-state index is 0.242. The van der Waals surface area contributed by atoms with Gasteiger partial charge in [0, 0.05) is 25.1 Å². The Morgan fingerprint density at radius 3 is 2.58 bits per heavy atom. The first-order valence-corrected chi connectivity index (χ1v) is 11.9. The van der Waals surface area contributed by atoms with Crippen molar-refractivity contribution in [1.29, 1.82) is 0 Å². The number of unbranched alkanes of at least 4 members (excludes halogenated alkanes) is 6. The van der Waals surface area contributed by atoms with Crippen molar-refractivity contribution in [3.05, 3.63) is 37.6 Å². The van der Waals surface area contributed by atoms with Crippen molar-refractivity contribution in [3.8, 4) is 0 Å². The molecule has 0 unspecified atom stereocenters. The number of rotatable bonds is 12. The van der Waals surface area contributed by atoms with Crippen molar-refractivity contribution in [2.75, 3.05) is 6.61 Å². The van der Waals surface area contributed by atoms with Crippen LogP contribution in [-0.4, -0.2) is 44.5 Å². The summed E-state index contributed by atoms with van der Waals surface area (Å²) in [6.45, 7) is 1.87. The van der Waals surface area contributed by atoms with E-state index >= 15 is 0 Å². The highest BCUT2D eigenvalue weighted by atomic mass is 79.9. The maximum absolute atomic E-state index is 12.4. The van der Waals surface area contributed by atoms with Gasteiger partial charge in [0.05, 0.1) is 17.7 Å². The molecule has 1 aliphatic rings. The Kier molecular flexibility index (Phi) is 10.7. The Hall–Kier alpha value is -1.71. The standard InChI is InChI=1S/C22H33BrN2O6/c1-2-3-4-5-6-7-8-9-18(27)31-20-17(12-16(14-26)19(20)28)25-13-15(10-11-23)21(29)24-22(25)30/h10-11,13,16-17,19-20,26,28H,2-9,12,14H2,1H3,(H,24,29,30)/t16-,17-,19-,20-/m1/s1. The van der Waals surface area contributed by atoms with Crippen LogP contribution in [0, 0.1) is 5.92 Å². The summed E-state index contributed by atoms with van der Waals surface area (Å²) in [5, 5.41) is 20.2. The molecule has 4 atom stereocenters. The number of hydrogen-bond donors (Lipinski definition) is 3. The second-order valence-electron chi connectivity index (χ2n) is 8.11. The molecule has 9 heteroatoms. The summed E-state index contributed by atoms with van der Waals surface area (Å²) in [4.78, 5) is 40.5. The van der Waals surface area contributed by atoms with Gasteiger partial charge < -0.3 is 14.9 Å². The van der Waals surface area contributed by atoms with E-state index in [1.54, 1.807) is 0 Å². The molecule has 0 aromatic carbocycles. The van der Waals surface area contributed by atoms with Crippen LogP contribution in [0.4, 0.5) is 0 Å². The van der Waals surface area contributed by atoms with E-state index in [1.165, 1.54) is 41.1 Å². The molecule has 1 aliphatic carbocycles. The molecule has 1 aromatic rings. The number of esters is 1. The fourth-order valence-corrected chi connectivity index (χ4v) is 4.34. The molecule has 0 saturated heterocycles. The fourth-order valence-electron chi connectivity index (χ4n) is 4.05. The predicted octanol–water partition coefficient (Wildman–Crippen LogP) is 2.87. The van der Waals surface area contributed by atoms with Crippen molar-refractivity contribution in [1.82, 2.24) is 9.55 Å². The van der Waals surface area contributed by atoms with E-state index in [1.807, 2.05) is 0 Å². The second-order valence-corrected chi connectivity index (χ2v) is 8.63. The van der Waals surface area contributed by atoms with Crippen LogP contribution in [0.15, 0.2) is 20.8 Å². The third-order valence-electron chi connectivity index (χ3n) is 5.82. The second kappa shape index (κ2) is 13.0. The van der Waals surface area contributed by atoms with Crippen molar-refractivity contribution >= 4 is 28.0 Å². The van der Waals surface area contributed by atoms with E-state index in [-0.39, 0.29) is 25.0 Å². The fraction of sp³-hybridized carbons (Fsp3) is 0.682. The molecule has 1 saturated carbocycles. The third kappa shape index (κ3) is 7.15. The van der Waals surface area contributed by atoms with Gasteiger partial charge in [-0.25, -0.2) is 4.79 Å². The first-order chi connectivity index (χ1) is 14.9. The normalized spacial score (nSPS) is 23.5. The Balaban J connectivity index is 2.07. The van der Waals surface area contributed by atoms with Crippen molar-refractivity contribution in [2.24, 2.45) is 5.92 Å². The van der Waals surface area contributed by atoms with Crippen molar-refractivity contribution in [2.45, 2.75) is 83.0 Å². The van der Waals surface area contributed by atoms with Crippen LogP contribution in [0.3, 0.4) is 0 Å². The molecule has 2 rings (SSSR count). The summed E-state index contributed by atoms with van der Waals surface area (Å²) in [7, 11) is 0. The van der Waals surface area contributed by atoms with Crippen LogP contribution >= 0.6 is 15.9 Å². The SMILES string of the molecule is CCCCCCCCCC(=O)O[C@H]1[C@H](O)[C@@H](CO)C[C@H]1n1cc(C=CBr)c(=O)[nH]c1=O. The van der Waals surface area contributed by atoms with Gasteiger partial charge in [0.25, 0.3) is 5.56 Å². The van der Waals surface area contributed by atoms with Crippen LogP contribution in [-0.2, 0) is 9.53 Å². The average Bonchev–Trinajstić information content (AvgIpc) is 3.04. The van der Waals surface area contributed by atoms with Crippen LogP contribution < -0.4 is 11.2 Å². The molecule has 174 valence electrons. The van der Waals surface area contributed by atoms with Gasteiger partial charge in [-0.05, 0) is 23.9 Å². The van der Waals surface area contributed by atoms with Crippen molar-refractivity contribution < 1.29 is 19.7 Å². The zero-order chi connectivity index (χ0) is 22.8. The van der Waals surface area contributed by atoms with Gasteiger partial charge in [-0.15, -0.1) is 0 Å². The number of carbonyl (C=O) groups is 1. The van der Waals surface area contributed by atoms with Crippen LogP contribution in [0.2, 0.25) is 0 Å². The first kappa shape index (κ1) is 25.5. The van der Waals surface area contributed by atoms with Gasteiger partial charge in [0.1, 0.15) is 6.10 Å².